The molecule has 1 aromatic heterocycles. The minimum absolute atomic E-state index is 0.349. The molecule has 1 aromatic rings. The third-order valence-electron chi connectivity index (χ3n) is 1.55. The molecule has 0 aliphatic rings. The zero-order valence-corrected chi connectivity index (χ0v) is 7.30. The van der Waals surface area contributed by atoms with E-state index in [1.807, 2.05) is 0 Å². The van der Waals surface area contributed by atoms with E-state index < -0.39 is 23.3 Å². The minimum Gasteiger partial charge on any atom is -0.461 e. The van der Waals surface area contributed by atoms with Crippen LogP contribution in [0.25, 0.3) is 0 Å². The summed E-state index contributed by atoms with van der Waals surface area (Å²) in [7, 11) is 0. The third-order valence-corrected chi connectivity index (χ3v) is 1.55. The van der Waals surface area contributed by atoms with Crippen molar-refractivity contribution in [3.8, 4) is 0 Å². The summed E-state index contributed by atoms with van der Waals surface area (Å²) in [5.74, 6) is -3.77. The van der Waals surface area contributed by atoms with Gasteiger partial charge in [-0.25, -0.2) is 0 Å². The van der Waals surface area contributed by atoms with Gasteiger partial charge in [-0.2, -0.15) is 13.2 Å². The molecular weight excluding hydrogens is 213 g/mol. The van der Waals surface area contributed by atoms with Crippen LogP contribution >= 0.6 is 0 Å². The van der Waals surface area contributed by atoms with Crippen molar-refractivity contribution in [1.82, 2.24) is 0 Å². The molecular formula is C9H5F3O3. The second-order valence-electron chi connectivity index (χ2n) is 2.61. The summed E-state index contributed by atoms with van der Waals surface area (Å²) in [6.45, 7) is 2.80. The van der Waals surface area contributed by atoms with Gasteiger partial charge in [0.2, 0.25) is 5.78 Å². The normalized spacial score (nSPS) is 11.1. The average molecular weight is 218 g/mol. The average Bonchev–Trinajstić information content (AvgIpc) is 2.65. The Balaban J connectivity index is 2.88. The monoisotopic (exact) mass is 218 g/mol. The largest absolute Gasteiger partial charge is 0.461 e. The zero-order valence-electron chi connectivity index (χ0n) is 7.30. The molecule has 0 fully saturated rings. The number of rotatable bonds is 3. The number of hydrogen-bond donors (Lipinski definition) is 0. The van der Waals surface area contributed by atoms with Crippen molar-refractivity contribution < 1.29 is 27.2 Å². The van der Waals surface area contributed by atoms with Crippen LogP contribution in [0.2, 0.25) is 0 Å². The summed E-state index contributed by atoms with van der Waals surface area (Å²) in [6.07, 6.45) is -3.99. The van der Waals surface area contributed by atoms with E-state index in [2.05, 4.69) is 11.0 Å². The molecule has 0 aromatic carbocycles. The van der Waals surface area contributed by atoms with Gasteiger partial charge in [0.05, 0.1) is 11.8 Å². The summed E-state index contributed by atoms with van der Waals surface area (Å²) in [6, 6.07) is 2.47. The van der Waals surface area contributed by atoms with Gasteiger partial charge in [0.15, 0.2) is 5.76 Å². The Kier molecular flexibility index (Phi) is 2.78. The van der Waals surface area contributed by atoms with Crippen molar-refractivity contribution in [3.63, 3.8) is 0 Å². The Labute approximate surface area is 82.2 Å². The van der Waals surface area contributed by atoms with Gasteiger partial charge in [-0.15, -0.1) is 0 Å². The standard InChI is InChI=1S/C9H5F3O3/c1-5(8(14)9(10,11)12)7(13)6-3-2-4-15-6/h2-4H,1H2. The van der Waals surface area contributed by atoms with E-state index in [9.17, 15) is 22.8 Å². The lowest BCUT2D eigenvalue weighted by atomic mass is 10.1. The SMILES string of the molecule is C=C(C(=O)c1ccco1)C(=O)C(F)(F)F. The van der Waals surface area contributed by atoms with E-state index >= 15 is 0 Å². The van der Waals surface area contributed by atoms with E-state index in [1.54, 1.807) is 0 Å². The molecule has 6 heteroatoms. The number of carbonyl (C=O) groups excluding carboxylic acids is 2. The molecule has 0 aliphatic carbocycles. The van der Waals surface area contributed by atoms with Crippen LogP contribution < -0.4 is 0 Å². The number of Topliss-reactive ketones (excluding diaryl/α,β-unsaturated/α-hetero) is 2. The first-order valence-electron chi connectivity index (χ1n) is 3.72. The quantitative estimate of drug-likeness (QED) is 0.338. The Morgan fingerprint density at radius 3 is 2.33 bits per heavy atom. The lowest BCUT2D eigenvalue weighted by molar-refractivity contribution is -0.166. The van der Waals surface area contributed by atoms with Gasteiger partial charge >= 0.3 is 6.18 Å². The molecule has 0 spiro atoms. The van der Waals surface area contributed by atoms with Crippen LogP contribution in [-0.2, 0) is 4.79 Å². The Bertz CT molecular complexity index is 401. The fraction of sp³-hybridized carbons (Fsp3) is 0.111. The van der Waals surface area contributed by atoms with Gasteiger partial charge in [0.25, 0.3) is 5.78 Å². The first-order valence-corrected chi connectivity index (χ1v) is 3.72. The molecule has 1 rings (SSSR count). The van der Waals surface area contributed by atoms with E-state index in [0.29, 0.717) is 0 Å². The number of hydrogen-bond acceptors (Lipinski definition) is 3. The first-order chi connectivity index (χ1) is 6.84. The van der Waals surface area contributed by atoms with Crippen LogP contribution in [0.3, 0.4) is 0 Å². The van der Waals surface area contributed by atoms with Crippen molar-refractivity contribution in [1.29, 1.82) is 0 Å². The number of furan rings is 1. The van der Waals surface area contributed by atoms with Gasteiger partial charge in [-0.1, -0.05) is 6.58 Å². The molecule has 0 saturated carbocycles. The summed E-state index contributed by atoms with van der Waals surface area (Å²) in [5.41, 5.74) is -1.16. The van der Waals surface area contributed by atoms with Crippen molar-refractivity contribution in [2.24, 2.45) is 0 Å². The highest BCUT2D eigenvalue weighted by atomic mass is 19.4. The highest BCUT2D eigenvalue weighted by molar-refractivity contribution is 6.26. The van der Waals surface area contributed by atoms with Crippen molar-refractivity contribution in [2.75, 3.05) is 0 Å². The molecule has 0 N–H and O–H groups in total. The highest BCUT2D eigenvalue weighted by Gasteiger charge is 2.42. The maximum absolute atomic E-state index is 11.9. The number of halogens is 3. The van der Waals surface area contributed by atoms with Gasteiger partial charge in [-0.3, -0.25) is 9.59 Å². The Hall–Kier alpha value is -1.85. The molecule has 0 atom stereocenters. The maximum atomic E-state index is 11.9. The summed E-state index contributed by atoms with van der Waals surface area (Å²) >= 11 is 0. The van der Waals surface area contributed by atoms with Crippen molar-refractivity contribution in [3.05, 3.63) is 36.3 Å². The summed E-state index contributed by atoms with van der Waals surface area (Å²) in [4.78, 5) is 21.8. The minimum atomic E-state index is -5.10. The second-order valence-corrected chi connectivity index (χ2v) is 2.61. The number of carbonyl (C=O) groups is 2. The van der Waals surface area contributed by atoms with Crippen LogP contribution in [0, 0.1) is 0 Å². The Morgan fingerprint density at radius 1 is 1.33 bits per heavy atom. The van der Waals surface area contributed by atoms with Gasteiger partial charge < -0.3 is 4.42 Å². The molecule has 15 heavy (non-hydrogen) atoms. The molecule has 80 valence electrons. The number of allylic oxidation sites excluding steroid dienone is 1. The van der Waals surface area contributed by atoms with E-state index in [-0.39, 0.29) is 5.76 Å². The van der Waals surface area contributed by atoms with E-state index in [4.69, 9.17) is 0 Å². The van der Waals surface area contributed by atoms with E-state index in [0.717, 1.165) is 12.3 Å². The predicted molar refractivity (Wildman–Crippen MR) is 43.2 cm³/mol. The number of ketones is 2. The molecule has 0 radical (unpaired) electrons. The van der Waals surface area contributed by atoms with Gasteiger partial charge in [-0.05, 0) is 12.1 Å². The first kappa shape index (κ1) is 11.2. The predicted octanol–water partition coefficient (Wildman–Crippen LogP) is 2.15. The smallest absolute Gasteiger partial charge is 0.454 e. The van der Waals surface area contributed by atoms with E-state index in [1.165, 1.54) is 6.07 Å². The molecule has 0 amide bonds. The number of alkyl halides is 3. The van der Waals surface area contributed by atoms with Gasteiger partial charge in [0, 0.05) is 0 Å². The van der Waals surface area contributed by atoms with Crippen LogP contribution in [0.15, 0.2) is 35.0 Å². The van der Waals surface area contributed by atoms with Crippen LogP contribution in [0.4, 0.5) is 13.2 Å². The lowest BCUT2D eigenvalue weighted by Gasteiger charge is -2.05. The van der Waals surface area contributed by atoms with Gasteiger partial charge in [0.1, 0.15) is 0 Å². The lowest BCUT2D eigenvalue weighted by Crippen LogP contribution is -2.27. The fourth-order valence-corrected chi connectivity index (χ4v) is 0.831. The highest BCUT2D eigenvalue weighted by Crippen LogP contribution is 2.22. The fourth-order valence-electron chi connectivity index (χ4n) is 0.831. The molecule has 0 saturated heterocycles. The van der Waals surface area contributed by atoms with Crippen molar-refractivity contribution in [2.45, 2.75) is 6.18 Å². The molecule has 1 heterocycles. The van der Waals surface area contributed by atoms with Crippen LogP contribution in [0.5, 0.6) is 0 Å². The molecule has 3 nitrogen and oxygen atoms in total. The van der Waals surface area contributed by atoms with Crippen LogP contribution in [0.1, 0.15) is 10.6 Å². The zero-order chi connectivity index (χ0) is 11.6. The second kappa shape index (κ2) is 3.72. The maximum Gasteiger partial charge on any atom is 0.454 e. The Morgan fingerprint density at radius 2 is 1.93 bits per heavy atom. The van der Waals surface area contributed by atoms with Crippen molar-refractivity contribution >= 4 is 11.6 Å². The summed E-state index contributed by atoms with van der Waals surface area (Å²) < 4.78 is 40.3. The third kappa shape index (κ3) is 2.34. The molecule has 0 unspecified atom stereocenters. The molecule has 0 bridgehead atoms. The summed E-state index contributed by atoms with van der Waals surface area (Å²) in [5, 5.41) is 0. The topological polar surface area (TPSA) is 47.3 Å². The van der Waals surface area contributed by atoms with Crippen LogP contribution in [-0.4, -0.2) is 17.7 Å². The molecule has 0 aliphatic heterocycles.